The molecule has 1 aliphatic carbocycles. The highest BCUT2D eigenvalue weighted by Crippen LogP contribution is 2.51. The first-order valence-corrected chi connectivity index (χ1v) is 21.0. The van der Waals surface area contributed by atoms with Gasteiger partial charge < -0.3 is 18.8 Å². The predicted molar refractivity (Wildman–Crippen MR) is 255 cm³/mol. The van der Waals surface area contributed by atoms with Gasteiger partial charge in [0.05, 0.1) is 11.0 Å². The highest BCUT2D eigenvalue weighted by molar-refractivity contribution is 6.17. The Morgan fingerprint density at radius 2 is 0.885 bits per heavy atom. The fraction of sp³-hybridized carbons (Fsp3) is 0.0526. The lowest BCUT2D eigenvalue weighted by Gasteiger charge is -2.28. The number of fused-ring (bicyclic) bond motifs is 9. The van der Waals surface area contributed by atoms with Crippen LogP contribution in [0.15, 0.2) is 217 Å². The van der Waals surface area contributed by atoms with Gasteiger partial charge in [-0.05, 0) is 131 Å². The summed E-state index contributed by atoms with van der Waals surface area (Å²) in [5.74, 6) is 0. The molecule has 9 aromatic carbocycles. The highest BCUT2D eigenvalue weighted by atomic mass is 16.3. The second-order valence-corrected chi connectivity index (χ2v) is 16.6. The number of benzene rings is 9. The van der Waals surface area contributed by atoms with E-state index in [4.69, 9.17) is 4.42 Å². The number of furan rings is 1. The van der Waals surface area contributed by atoms with Gasteiger partial charge in [-0.15, -0.1) is 0 Å². The van der Waals surface area contributed by atoms with Crippen LogP contribution >= 0.6 is 0 Å². The Morgan fingerprint density at radius 3 is 1.59 bits per heavy atom. The summed E-state index contributed by atoms with van der Waals surface area (Å²) in [6.45, 7) is 4.70. The zero-order valence-electron chi connectivity index (χ0n) is 34.0. The van der Waals surface area contributed by atoms with Crippen LogP contribution in [0.4, 0.5) is 34.1 Å². The maximum absolute atomic E-state index is 6.53. The third kappa shape index (κ3) is 5.53. The zero-order chi connectivity index (χ0) is 40.7. The smallest absolute Gasteiger partial charge is 0.136 e. The second-order valence-electron chi connectivity index (χ2n) is 16.6. The number of para-hydroxylation sites is 4. The van der Waals surface area contributed by atoms with Crippen molar-refractivity contribution in [3.05, 3.63) is 223 Å². The summed E-state index contributed by atoms with van der Waals surface area (Å²) < 4.78 is 8.94. The summed E-state index contributed by atoms with van der Waals surface area (Å²) in [4.78, 5) is 4.71. The molecule has 0 N–H and O–H groups in total. The molecule has 4 nitrogen and oxygen atoms in total. The molecule has 0 bridgehead atoms. The van der Waals surface area contributed by atoms with Crippen molar-refractivity contribution < 1.29 is 4.42 Å². The maximum atomic E-state index is 6.53. The molecule has 0 fully saturated rings. The Bertz CT molecular complexity index is 3400. The summed E-state index contributed by atoms with van der Waals surface area (Å²) in [5.41, 5.74) is 17.0. The van der Waals surface area contributed by atoms with Gasteiger partial charge in [-0.1, -0.05) is 117 Å². The first-order chi connectivity index (χ1) is 30.0. The SMILES string of the molecule is CC1(C)c2ccccc2-c2ccc(N(c3ccccc3)c3ccc4c(c3)c3cc5oc6ccccc6c5cc3n4-c3ccc(N(c4ccccc4)c4ccccc4)cc3)cc21. The van der Waals surface area contributed by atoms with Gasteiger partial charge in [0.2, 0.25) is 0 Å². The Morgan fingerprint density at radius 1 is 0.361 bits per heavy atom. The van der Waals surface area contributed by atoms with Gasteiger partial charge in [-0.25, -0.2) is 0 Å². The van der Waals surface area contributed by atoms with Gasteiger partial charge in [-0.3, -0.25) is 0 Å². The molecule has 2 heterocycles. The number of aromatic nitrogens is 1. The van der Waals surface area contributed by atoms with E-state index in [0.717, 1.165) is 83.6 Å². The van der Waals surface area contributed by atoms with E-state index in [1.807, 2.05) is 6.07 Å². The minimum Gasteiger partial charge on any atom is -0.456 e. The Labute approximate surface area is 354 Å². The molecule has 0 saturated heterocycles. The summed E-state index contributed by atoms with van der Waals surface area (Å²) in [6.07, 6.45) is 0. The molecule has 290 valence electrons. The monoisotopic (exact) mass is 783 g/mol. The van der Waals surface area contributed by atoms with Crippen molar-refractivity contribution in [1.82, 2.24) is 4.57 Å². The minimum absolute atomic E-state index is 0.117. The van der Waals surface area contributed by atoms with Crippen LogP contribution in [0.1, 0.15) is 25.0 Å². The van der Waals surface area contributed by atoms with Gasteiger partial charge in [0, 0.05) is 66.8 Å². The van der Waals surface area contributed by atoms with E-state index in [2.05, 4.69) is 234 Å². The highest BCUT2D eigenvalue weighted by Gasteiger charge is 2.35. The average molecular weight is 784 g/mol. The molecule has 0 saturated carbocycles. The molecule has 11 aromatic rings. The van der Waals surface area contributed by atoms with Gasteiger partial charge in [0.1, 0.15) is 11.2 Å². The van der Waals surface area contributed by atoms with Gasteiger partial charge >= 0.3 is 0 Å². The van der Waals surface area contributed by atoms with Crippen molar-refractivity contribution in [3.63, 3.8) is 0 Å². The molecule has 4 heteroatoms. The van der Waals surface area contributed by atoms with E-state index in [0.29, 0.717) is 0 Å². The number of rotatable bonds is 7. The van der Waals surface area contributed by atoms with Crippen LogP contribution in [-0.4, -0.2) is 4.57 Å². The van der Waals surface area contributed by atoms with Crippen LogP contribution in [0, 0.1) is 0 Å². The van der Waals surface area contributed by atoms with Gasteiger partial charge in [0.15, 0.2) is 0 Å². The van der Waals surface area contributed by atoms with E-state index in [1.165, 1.54) is 22.3 Å². The third-order valence-electron chi connectivity index (χ3n) is 12.7. The summed E-state index contributed by atoms with van der Waals surface area (Å²) >= 11 is 0. The number of nitrogens with zero attached hydrogens (tertiary/aromatic N) is 3. The van der Waals surface area contributed by atoms with E-state index in [1.54, 1.807) is 0 Å². The predicted octanol–water partition coefficient (Wildman–Crippen LogP) is 15.9. The van der Waals surface area contributed by atoms with E-state index in [9.17, 15) is 0 Å². The van der Waals surface area contributed by atoms with Crippen LogP contribution in [0.5, 0.6) is 0 Å². The molecule has 0 amide bonds. The average Bonchev–Trinajstić information content (AvgIpc) is 3.91. The molecule has 0 radical (unpaired) electrons. The van der Waals surface area contributed by atoms with Crippen molar-refractivity contribution in [3.8, 4) is 16.8 Å². The zero-order valence-corrected chi connectivity index (χ0v) is 34.0. The van der Waals surface area contributed by atoms with Crippen molar-refractivity contribution in [2.45, 2.75) is 19.3 Å². The molecular weight excluding hydrogens is 743 g/mol. The van der Waals surface area contributed by atoms with Crippen molar-refractivity contribution in [1.29, 1.82) is 0 Å². The van der Waals surface area contributed by atoms with E-state index < -0.39 is 0 Å². The maximum Gasteiger partial charge on any atom is 0.136 e. The molecule has 2 aromatic heterocycles. The lowest BCUT2D eigenvalue weighted by Crippen LogP contribution is -2.16. The lowest BCUT2D eigenvalue weighted by atomic mass is 9.82. The minimum atomic E-state index is -0.117. The molecule has 61 heavy (non-hydrogen) atoms. The van der Waals surface area contributed by atoms with Crippen LogP contribution in [-0.2, 0) is 5.41 Å². The number of anilines is 6. The Hall–Kier alpha value is -7.82. The first-order valence-electron chi connectivity index (χ1n) is 21.0. The lowest BCUT2D eigenvalue weighted by molar-refractivity contribution is 0.660. The van der Waals surface area contributed by atoms with E-state index >= 15 is 0 Å². The van der Waals surface area contributed by atoms with Crippen LogP contribution in [0.3, 0.4) is 0 Å². The molecule has 0 atom stereocenters. The van der Waals surface area contributed by atoms with Gasteiger partial charge in [0.25, 0.3) is 0 Å². The Balaban J connectivity index is 1.06. The topological polar surface area (TPSA) is 24.6 Å². The molecule has 0 aliphatic heterocycles. The number of hydrogen-bond acceptors (Lipinski definition) is 3. The quantitative estimate of drug-likeness (QED) is 0.161. The summed E-state index contributed by atoms with van der Waals surface area (Å²) in [6, 6.07) is 76.5. The molecule has 1 aliphatic rings. The van der Waals surface area contributed by atoms with Crippen LogP contribution in [0.2, 0.25) is 0 Å². The van der Waals surface area contributed by atoms with E-state index in [-0.39, 0.29) is 5.41 Å². The summed E-state index contributed by atoms with van der Waals surface area (Å²) in [7, 11) is 0. The van der Waals surface area contributed by atoms with Crippen LogP contribution < -0.4 is 9.80 Å². The van der Waals surface area contributed by atoms with Crippen LogP contribution in [0.25, 0.3) is 60.6 Å². The summed E-state index contributed by atoms with van der Waals surface area (Å²) in [5, 5.41) is 4.52. The van der Waals surface area contributed by atoms with Crippen molar-refractivity contribution >= 4 is 77.9 Å². The molecular formula is C57H41N3O. The van der Waals surface area contributed by atoms with Crippen molar-refractivity contribution in [2.24, 2.45) is 0 Å². The van der Waals surface area contributed by atoms with Gasteiger partial charge in [-0.2, -0.15) is 0 Å². The molecule has 12 rings (SSSR count). The Kier molecular flexibility index (Phi) is 7.85. The fourth-order valence-electron chi connectivity index (χ4n) is 9.85. The third-order valence-corrected chi connectivity index (χ3v) is 12.7. The standard InChI is InChI=1S/C57H41N3O/c1-57(2)51-24-14-12-22-45(51)46-32-30-44(35-52(46)57)59(40-20-10-5-11-21-40)43-31-33-53-48(34-43)49-37-56-50(47-23-13-15-25-55(47)61-56)36-54(49)60(53)42-28-26-41(27-29-42)58(38-16-6-3-7-17-38)39-18-8-4-9-19-39/h3-37H,1-2H3. The molecule has 0 spiro atoms. The fourth-order valence-corrected chi connectivity index (χ4v) is 9.85. The normalized spacial score (nSPS) is 12.9. The van der Waals surface area contributed by atoms with Crippen molar-refractivity contribution in [2.75, 3.05) is 9.80 Å². The molecule has 0 unspecified atom stereocenters. The largest absolute Gasteiger partial charge is 0.456 e. The first kappa shape index (κ1) is 35.2. The second kappa shape index (κ2) is 13.6. The number of hydrogen-bond donors (Lipinski definition) is 0.